The van der Waals surface area contributed by atoms with Crippen LogP contribution in [0.4, 0.5) is 5.69 Å². The number of nitrogens with zero attached hydrogens (tertiary/aromatic N) is 2. The summed E-state index contributed by atoms with van der Waals surface area (Å²) >= 11 is 1.80. The Bertz CT molecular complexity index is 428. The number of nitriles is 1. The van der Waals surface area contributed by atoms with Crippen LogP contribution in [-0.2, 0) is 0 Å². The molecule has 0 saturated heterocycles. The van der Waals surface area contributed by atoms with Crippen LogP contribution in [0.1, 0.15) is 6.42 Å². The van der Waals surface area contributed by atoms with E-state index in [1.807, 2.05) is 13.1 Å². The summed E-state index contributed by atoms with van der Waals surface area (Å²) in [5, 5.41) is 8.76. The quantitative estimate of drug-likeness (QED) is 0.788. The number of fused-ring (bicyclic) bond motifs is 1. The van der Waals surface area contributed by atoms with E-state index in [9.17, 15) is 0 Å². The lowest BCUT2D eigenvalue weighted by Crippen LogP contribution is -2.36. The topological polar surface area (TPSA) is 36.3 Å². The van der Waals surface area contributed by atoms with Gasteiger partial charge in [-0.3, -0.25) is 0 Å². The molecule has 0 aliphatic carbocycles. The van der Waals surface area contributed by atoms with Gasteiger partial charge in [-0.2, -0.15) is 5.26 Å². The maximum Gasteiger partial charge on any atom is 0.120 e. The maximum absolute atomic E-state index is 8.76. The molecule has 1 heterocycles. The molecular formula is C12H14N2OS. The highest BCUT2D eigenvalue weighted by atomic mass is 32.2. The molecule has 1 aromatic rings. The molecule has 0 radical (unpaired) electrons. The molecule has 0 aromatic heterocycles. The largest absolute Gasteiger partial charge is 0.497 e. The van der Waals surface area contributed by atoms with Crippen LogP contribution >= 0.6 is 11.8 Å². The number of benzene rings is 1. The van der Waals surface area contributed by atoms with E-state index < -0.39 is 0 Å². The van der Waals surface area contributed by atoms with Crippen LogP contribution < -0.4 is 9.64 Å². The molecule has 3 nitrogen and oxygen atoms in total. The van der Waals surface area contributed by atoms with Gasteiger partial charge in [-0.1, -0.05) is 0 Å². The Hall–Kier alpha value is -1.34. The lowest BCUT2D eigenvalue weighted by molar-refractivity contribution is 0.413. The van der Waals surface area contributed by atoms with Crippen LogP contribution in [0.15, 0.2) is 23.1 Å². The third kappa shape index (κ3) is 1.96. The third-order valence-corrected chi connectivity index (χ3v) is 4.04. The summed E-state index contributed by atoms with van der Waals surface area (Å²) in [4.78, 5) is 3.42. The van der Waals surface area contributed by atoms with Crippen molar-refractivity contribution in [1.82, 2.24) is 0 Å². The Morgan fingerprint density at radius 1 is 1.62 bits per heavy atom. The minimum absolute atomic E-state index is 0.316. The monoisotopic (exact) mass is 234 g/mol. The van der Waals surface area contributed by atoms with Gasteiger partial charge >= 0.3 is 0 Å². The second-order valence-electron chi connectivity index (χ2n) is 3.77. The molecule has 0 saturated carbocycles. The molecule has 1 aliphatic heterocycles. The van der Waals surface area contributed by atoms with Gasteiger partial charge in [0.05, 0.1) is 31.3 Å². The highest BCUT2D eigenvalue weighted by Crippen LogP contribution is 2.39. The molecule has 1 aliphatic rings. The van der Waals surface area contributed by atoms with Crippen molar-refractivity contribution in [3.63, 3.8) is 0 Å². The standard InChI is InChI=1S/C12H14N2OS/c1-14-9(5-6-13)8-16-12-7-10(15-2)3-4-11(12)14/h3-4,7,9H,5,8H2,1-2H3. The summed E-state index contributed by atoms with van der Waals surface area (Å²) < 4.78 is 5.21. The zero-order valence-corrected chi connectivity index (χ0v) is 10.3. The van der Waals surface area contributed by atoms with E-state index in [1.54, 1.807) is 18.9 Å². The first-order valence-corrected chi connectivity index (χ1v) is 6.15. The first-order chi connectivity index (χ1) is 7.76. The molecule has 0 bridgehead atoms. The maximum atomic E-state index is 8.76. The number of hydrogen-bond acceptors (Lipinski definition) is 4. The summed E-state index contributed by atoms with van der Waals surface area (Å²) in [5.74, 6) is 1.85. The number of hydrogen-bond donors (Lipinski definition) is 0. The SMILES string of the molecule is COc1ccc2c(c1)SCC(CC#N)N2C. The summed E-state index contributed by atoms with van der Waals surface area (Å²) in [6, 6.07) is 8.63. The Labute approximate surface area is 100 Å². The van der Waals surface area contributed by atoms with Crippen molar-refractivity contribution in [1.29, 1.82) is 5.26 Å². The third-order valence-electron chi connectivity index (χ3n) is 2.85. The Morgan fingerprint density at radius 2 is 2.44 bits per heavy atom. The Kier molecular flexibility index (Phi) is 3.25. The molecule has 1 aromatic carbocycles. The van der Waals surface area contributed by atoms with Gasteiger partial charge in [-0.05, 0) is 18.2 Å². The van der Waals surface area contributed by atoms with E-state index in [4.69, 9.17) is 10.00 Å². The van der Waals surface area contributed by atoms with Crippen LogP contribution in [0.5, 0.6) is 5.75 Å². The summed E-state index contributed by atoms with van der Waals surface area (Å²) in [6.45, 7) is 0. The van der Waals surface area contributed by atoms with Gasteiger partial charge in [0.25, 0.3) is 0 Å². The van der Waals surface area contributed by atoms with Crippen molar-refractivity contribution >= 4 is 17.4 Å². The van der Waals surface area contributed by atoms with Crippen molar-refractivity contribution in [3.05, 3.63) is 18.2 Å². The molecule has 4 heteroatoms. The van der Waals surface area contributed by atoms with Crippen LogP contribution in [0, 0.1) is 11.3 Å². The highest BCUT2D eigenvalue weighted by Gasteiger charge is 2.23. The van der Waals surface area contributed by atoms with Gasteiger partial charge in [0.2, 0.25) is 0 Å². The molecule has 1 unspecified atom stereocenters. The predicted octanol–water partition coefficient (Wildman–Crippen LogP) is 2.52. The van der Waals surface area contributed by atoms with E-state index in [0.717, 1.165) is 11.5 Å². The van der Waals surface area contributed by atoms with Crippen molar-refractivity contribution < 1.29 is 4.74 Å². The number of rotatable bonds is 2. The lowest BCUT2D eigenvalue weighted by Gasteiger charge is -2.34. The second-order valence-corrected chi connectivity index (χ2v) is 4.83. The number of ether oxygens (including phenoxy) is 1. The molecule has 84 valence electrons. The van der Waals surface area contributed by atoms with E-state index >= 15 is 0 Å². The van der Waals surface area contributed by atoms with Crippen LogP contribution in [0.3, 0.4) is 0 Å². The van der Waals surface area contributed by atoms with E-state index in [-0.39, 0.29) is 0 Å². The number of anilines is 1. The second kappa shape index (κ2) is 4.67. The van der Waals surface area contributed by atoms with Crippen molar-refractivity contribution in [2.24, 2.45) is 0 Å². The first kappa shape index (κ1) is 11.2. The van der Waals surface area contributed by atoms with E-state index in [2.05, 4.69) is 23.1 Å². The average Bonchev–Trinajstić information content (AvgIpc) is 2.32. The summed E-state index contributed by atoms with van der Waals surface area (Å²) in [7, 11) is 3.73. The summed E-state index contributed by atoms with van der Waals surface area (Å²) in [5.41, 5.74) is 1.19. The van der Waals surface area contributed by atoms with Crippen molar-refractivity contribution in [2.75, 3.05) is 24.8 Å². The average molecular weight is 234 g/mol. The fourth-order valence-corrected chi connectivity index (χ4v) is 3.10. The number of methoxy groups -OCH3 is 1. The normalized spacial score (nSPS) is 18.8. The van der Waals surface area contributed by atoms with Gasteiger partial charge in [0.15, 0.2) is 0 Å². The molecule has 16 heavy (non-hydrogen) atoms. The minimum atomic E-state index is 0.316. The fourth-order valence-electron chi connectivity index (χ4n) is 1.82. The lowest BCUT2D eigenvalue weighted by atomic mass is 10.2. The zero-order chi connectivity index (χ0) is 11.5. The molecule has 1 atom stereocenters. The van der Waals surface area contributed by atoms with Gasteiger partial charge in [0, 0.05) is 17.7 Å². The first-order valence-electron chi connectivity index (χ1n) is 5.17. The molecule has 0 spiro atoms. The van der Waals surface area contributed by atoms with Gasteiger partial charge in [0.1, 0.15) is 5.75 Å². The van der Waals surface area contributed by atoms with Gasteiger partial charge < -0.3 is 9.64 Å². The van der Waals surface area contributed by atoms with Gasteiger partial charge in [-0.15, -0.1) is 11.8 Å². The van der Waals surface area contributed by atoms with E-state index in [0.29, 0.717) is 12.5 Å². The molecule has 0 amide bonds. The Balaban J connectivity index is 2.28. The smallest absolute Gasteiger partial charge is 0.120 e. The number of thioether (sulfide) groups is 1. The van der Waals surface area contributed by atoms with Crippen molar-refractivity contribution in [2.45, 2.75) is 17.4 Å². The van der Waals surface area contributed by atoms with Crippen LogP contribution in [0.2, 0.25) is 0 Å². The molecule has 0 N–H and O–H groups in total. The fraction of sp³-hybridized carbons (Fsp3) is 0.417. The summed E-state index contributed by atoms with van der Waals surface area (Å²) in [6.07, 6.45) is 0.578. The van der Waals surface area contributed by atoms with Gasteiger partial charge in [-0.25, -0.2) is 0 Å². The molecular weight excluding hydrogens is 220 g/mol. The van der Waals surface area contributed by atoms with Crippen LogP contribution in [0.25, 0.3) is 0 Å². The molecule has 0 fully saturated rings. The van der Waals surface area contributed by atoms with Crippen molar-refractivity contribution in [3.8, 4) is 11.8 Å². The highest BCUT2D eigenvalue weighted by molar-refractivity contribution is 7.99. The predicted molar refractivity (Wildman–Crippen MR) is 66.1 cm³/mol. The Morgan fingerprint density at radius 3 is 3.12 bits per heavy atom. The van der Waals surface area contributed by atoms with Crippen LogP contribution in [-0.4, -0.2) is 26.0 Å². The minimum Gasteiger partial charge on any atom is -0.497 e. The zero-order valence-electron chi connectivity index (χ0n) is 9.43. The van der Waals surface area contributed by atoms with E-state index in [1.165, 1.54) is 10.6 Å². The molecule has 2 rings (SSSR count).